The zero-order valence-electron chi connectivity index (χ0n) is 10.3. The molecule has 1 saturated heterocycles. The van der Waals surface area contributed by atoms with Crippen molar-refractivity contribution in [3.63, 3.8) is 0 Å². The van der Waals surface area contributed by atoms with Crippen LogP contribution >= 0.6 is 0 Å². The molecular formula is C12H20N4O. The molecule has 1 aromatic heterocycles. The molecule has 17 heavy (non-hydrogen) atoms. The molecule has 5 nitrogen and oxygen atoms in total. The average molecular weight is 236 g/mol. The van der Waals surface area contributed by atoms with E-state index < -0.39 is 0 Å². The summed E-state index contributed by atoms with van der Waals surface area (Å²) in [4.78, 5) is 14.0. The zero-order chi connectivity index (χ0) is 12.1. The van der Waals surface area contributed by atoms with Gasteiger partial charge in [0.05, 0.1) is 0 Å². The zero-order valence-corrected chi connectivity index (χ0v) is 10.3. The predicted molar refractivity (Wildman–Crippen MR) is 65.5 cm³/mol. The Morgan fingerprint density at radius 3 is 3.18 bits per heavy atom. The van der Waals surface area contributed by atoms with Crippen LogP contribution in [0.15, 0.2) is 18.5 Å². The van der Waals surface area contributed by atoms with Crippen LogP contribution in [0, 0.1) is 0 Å². The quantitative estimate of drug-likeness (QED) is 0.830. The topological polar surface area (TPSA) is 50.2 Å². The van der Waals surface area contributed by atoms with E-state index in [9.17, 15) is 4.79 Å². The highest BCUT2D eigenvalue weighted by Gasteiger charge is 2.20. The Morgan fingerprint density at radius 1 is 1.53 bits per heavy atom. The van der Waals surface area contributed by atoms with Gasteiger partial charge in [0.2, 0.25) is 5.91 Å². The summed E-state index contributed by atoms with van der Waals surface area (Å²) >= 11 is 0. The highest BCUT2D eigenvalue weighted by atomic mass is 16.2. The third kappa shape index (κ3) is 3.30. The first-order chi connectivity index (χ1) is 8.27. The van der Waals surface area contributed by atoms with E-state index in [1.54, 1.807) is 10.9 Å². The molecule has 5 heteroatoms. The standard InChI is InChI=1S/C12H20N4O/c1-15(11-4-2-6-13-8-5-11)12(17)10-16-9-3-7-14-16/h3,7,9,11,13H,2,4-6,8,10H2,1H3. The van der Waals surface area contributed by atoms with Gasteiger partial charge in [0.15, 0.2) is 0 Å². The lowest BCUT2D eigenvalue weighted by molar-refractivity contribution is -0.133. The highest BCUT2D eigenvalue weighted by molar-refractivity contribution is 5.75. The van der Waals surface area contributed by atoms with Crippen LogP contribution in [0.5, 0.6) is 0 Å². The molecule has 1 amide bonds. The molecule has 1 aromatic rings. The molecule has 0 aromatic carbocycles. The van der Waals surface area contributed by atoms with E-state index in [1.807, 2.05) is 24.2 Å². The summed E-state index contributed by atoms with van der Waals surface area (Å²) in [5.41, 5.74) is 0. The summed E-state index contributed by atoms with van der Waals surface area (Å²) in [5, 5.41) is 7.42. The summed E-state index contributed by atoms with van der Waals surface area (Å²) < 4.78 is 1.67. The number of aromatic nitrogens is 2. The van der Waals surface area contributed by atoms with Crippen molar-refractivity contribution in [2.45, 2.75) is 31.8 Å². The number of nitrogens with one attached hydrogen (secondary N) is 1. The Balaban J connectivity index is 1.89. The molecule has 1 N–H and O–H groups in total. The number of amides is 1. The van der Waals surface area contributed by atoms with Crippen molar-refractivity contribution in [3.8, 4) is 0 Å². The van der Waals surface area contributed by atoms with Crippen molar-refractivity contribution in [1.82, 2.24) is 20.0 Å². The molecule has 2 rings (SSSR count). The van der Waals surface area contributed by atoms with Gasteiger partial charge in [-0.2, -0.15) is 5.10 Å². The first-order valence-corrected chi connectivity index (χ1v) is 6.21. The van der Waals surface area contributed by atoms with Crippen molar-refractivity contribution >= 4 is 5.91 Å². The predicted octanol–water partition coefficient (Wildman–Crippen LogP) is 0.484. The van der Waals surface area contributed by atoms with Crippen molar-refractivity contribution in [2.24, 2.45) is 0 Å². The lowest BCUT2D eigenvalue weighted by Gasteiger charge is -2.27. The number of hydrogen-bond acceptors (Lipinski definition) is 3. The normalized spacial score (nSPS) is 20.9. The molecule has 0 saturated carbocycles. The largest absolute Gasteiger partial charge is 0.341 e. The van der Waals surface area contributed by atoms with Gasteiger partial charge < -0.3 is 10.2 Å². The maximum absolute atomic E-state index is 12.1. The van der Waals surface area contributed by atoms with Gasteiger partial charge >= 0.3 is 0 Å². The Hall–Kier alpha value is -1.36. The van der Waals surface area contributed by atoms with Crippen molar-refractivity contribution in [3.05, 3.63) is 18.5 Å². The lowest BCUT2D eigenvalue weighted by Crippen LogP contribution is -2.39. The molecule has 2 heterocycles. The molecule has 0 spiro atoms. The Morgan fingerprint density at radius 2 is 2.41 bits per heavy atom. The summed E-state index contributed by atoms with van der Waals surface area (Å²) in [6.07, 6.45) is 6.79. The molecule has 1 aliphatic heterocycles. The molecule has 1 atom stereocenters. The molecule has 1 aliphatic rings. The molecular weight excluding hydrogens is 216 g/mol. The number of likely N-dealkylation sites (N-methyl/N-ethyl adjacent to an activating group) is 1. The average Bonchev–Trinajstić information content (AvgIpc) is 2.68. The van der Waals surface area contributed by atoms with Gasteiger partial charge in [-0.3, -0.25) is 9.48 Å². The van der Waals surface area contributed by atoms with Crippen LogP contribution < -0.4 is 5.32 Å². The smallest absolute Gasteiger partial charge is 0.244 e. The summed E-state index contributed by atoms with van der Waals surface area (Å²) in [5.74, 6) is 0.139. The SMILES string of the molecule is CN(C(=O)Cn1cccn1)C1CCCNCC1. The van der Waals surface area contributed by atoms with Crippen LogP contribution in [-0.4, -0.2) is 46.8 Å². The minimum absolute atomic E-state index is 0.139. The maximum atomic E-state index is 12.1. The van der Waals surface area contributed by atoms with Gasteiger partial charge in [-0.05, 0) is 38.4 Å². The Labute approximate surface area is 102 Å². The van der Waals surface area contributed by atoms with Crippen LogP contribution in [0.2, 0.25) is 0 Å². The number of nitrogens with zero attached hydrogens (tertiary/aromatic N) is 3. The third-order valence-corrected chi connectivity index (χ3v) is 3.34. The Bertz CT molecular complexity index is 341. The van der Waals surface area contributed by atoms with Crippen LogP contribution in [0.1, 0.15) is 19.3 Å². The molecule has 0 bridgehead atoms. The van der Waals surface area contributed by atoms with E-state index in [4.69, 9.17) is 0 Å². The minimum Gasteiger partial charge on any atom is -0.341 e. The molecule has 1 fully saturated rings. The van der Waals surface area contributed by atoms with Crippen molar-refractivity contribution < 1.29 is 4.79 Å². The second-order valence-corrected chi connectivity index (χ2v) is 4.54. The number of carbonyl (C=O) groups excluding carboxylic acids is 1. The lowest BCUT2D eigenvalue weighted by atomic mass is 10.1. The second-order valence-electron chi connectivity index (χ2n) is 4.54. The van der Waals surface area contributed by atoms with E-state index in [0.717, 1.165) is 32.4 Å². The van der Waals surface area contributed by atoms with E-state index in [1.165, 1.54) is 0 Å². The summed E-state index contributed by atoms with van der Waals surface area (Å²) in [6.45, 7) is 2.41. The summed E-state index contributed by atoms with van der Waals surface area (Å²) in [6, 6.07) is 2.20. The van der Waals surface area contributed by atoms with Crippen LogP contribution in [0.4, 0.5) is 0 Å². The minimum atomic E-state index is 0.139. The van der Waals surface area contributed by atoms with Gasteiger partial charge in [0.25, 0.3) is 0 Å². The van der Waals surface area contributed by atoms with E-state index >= 15 is 0 Å². The fourth-order valence-corrected chi connectivity index (χ4v) is 2.24. The highest BCUT2D eigenvalue weighted by Crippen LogP contribution is 2.12. The number of carbonyl (C=O) groups is 1. The van der Waals surface area contributed by atoms with Gasteiger partial charge in [-0.1, -0.05) is 0 Å². The first-order valence-electron chi connectivity index (χ1n) is 6.21. The monoisotopic (exact) mass is 236 g/mol. The van der Waals surface area contributed by atoms with E-state index in [2.05, 4.69) is 10.4 Å². The fraction of sp³-hybridized carbons (Fsp3) is 0.667. The first kappa shape index (κ1) is 12.1. The fourth-order valence-electron chi connectivity index (χ4n) is 2.24. The van der Waals surface area contributed by atoms with Crippen molar-refractivity contribution in [1.29, 1.82) is 0 Å². The van der Waals surface area contributed by atoms with Crippen LogP contribution in [-0.2, 0) is 11.3 Å². The molecule has 1 unspecified atom stereocenters. The van der Waals surface area contributed by atoms with E-state index in [0.29, 0.717) is 12.6 Å². The third-order valence-electron chi connectivity index (χ3n) is 3.34. The Kier molecular flexibility index (Phi) is 4.14. The molecule has 0 aliphatic carbocycles. The number of hydrogen-bond donors (Lipinski definition) is 1. The van der Waals surface area contributed by atoms with Gasteiger partial charge in [0.1, 0.15) is 6.54 Å². The van der Waals surface area contributed by atoms with Crippen molar-refractivity contribution in [2.75, 3.05) is 20.1 Å². The second kappa shape index (κ2) is 5.82. The van der Waals surface area contributed by atoms with Gasteiger partial charge in [0, 0.05) is 25.5 Å². The van der Waals surface area contributed by atoms with Crippen LogP contribution in [0.3, 0.4) is 0 Å². The maximum Gasteiger partial charge on any atom is 0.244 e. The summed E-state index contributed by atoms with van der Waals surface area (Å²) in [7, 11) is 1.90. The van der Waals surface area contributed by atoms with Crippen LogP contribution in [0.25, 0.3) is 0 Å². The van der Waals surface area contributed by atoms with E-state index in [-0.39, 0.29) is 5.91 Å². The molecule has 94 valence electrons. The molecule has 0 radical (unpaired) electrons. The van der Waals surface area contributed by atoms with Gasteiger partial charge in [-0.25, -0.2) is 0 Å². The van der Waals surface area contributed by atoms with Gasteiger partial charge in [-0.15, -0.1) is 0 Å². The number of rotatable bonds is 3.